The smallest absolute Gasteiger partial charge is 0.187 e. The Hall–Kier alpha value is -0.600. The van der Waals surface area contributed by atoms with Crippen LogP contribution in [0.4, 0.5) is 0 Å². The molecule has 0 aromatic carbocycles. The van der Waals surface area contributed by atoms with Gasteiger partial charge < -0.3 is 74.4 Å². The van der Waals surface area contributed by atoms with Crippen molar-refractivity contribution in [2.45, 2.75) is 118 Å². The van der Waals surface area contributed by atoms with Gasteiger partial charge in [0.1, 0.15) is 54.9 Å². The van der Waals surface area contributed by atoms with E-state index in [9.17, 15) is 46.0 Å². The first kappa shape index (κ1) is 30.9. The van der Waals surface area contributed by atoms with Crippen molar-refractivity contribution < 1.29 is 74.4 Å². The average molecular weight is 545 g/mol. The molecule has 15 atom stereocenters. The van der Waals surface area contributed by atoms with Crippen LogP contribution in [-0.4, -0.2) is 158 Å². The summed E-state index contributed by atoms with van der Waals surface area (Å²) in [5.41, 5.74) is 0. The van der Waals surface area contributed by atoms with Crippen LogP contribution >= 0.6 is 0 Å². The minimum absolute atomic E-state index is 0.0187. The third-order valence-corrected chi connectivity index (χ3v) is 6.99. The second-order valence-corrected chi connectivity index (χ2v) is 9.43. The molecule has 6 unspecified atom stereocenters. The zero-order chi connectivity index (χ0) is 27.4. The zero-order valence-corrected chi connectivity index (χ0v) is 20.7. The third-order valence-electron chi connectivity index (χ3n) is 6.99. The standard InChI is InChI=1S/C22H40O15/c1-3-8-11(25)12(26)15(29)21(33-8)36-19-10(5-7-24)35-22(17(31)14(19)28)37-18-9(4-6-23)34-20(32-2)16(30)13(18)27/h8-31H,3-7H2,1-2H3/t8?,9?,10?,11-,12-,13+,14+,15?,16?,17?,18-,19-,20+,21-,22-/m1/s1. The van der Waals surface area contributed by atoms with Crippen LogP contribution in [0.15, 0.2) is 0 Å². The Morgan fingerprint density at radius 3 is 1.38 bits per heavy atom. The largest absolute Gasteiger partial charge is 0.396 e. The fourth-order valence-electron chi connectivity index (χ4n) is 4.85. The first-order chi connectivity index (χ1) is 17.6. The minimum Gasteiger partial charge on any atom is -0.396 e. The molecule has 3 heterocycles. The average Bonchev–Trinajstić information content (AvgIpc) is 2.88. The Kier molecular flexibility index (Phi) is 11.4. The highest BCUT2D eigenvalue weighted by molar-refractivity contribution is 4.96. The number of hydrogen-bond donors (Lipinski definition) is 9. The van der Waals surface area contributed by atoms with Crippen molar-refractivity contribution in [1.29, 1.82) is 0 Å². The first-order valence-electron chi connectivity index (χ1n) is 12.4. The Morgan fingerprint density at radius 2 is 0.946 bits per heavy atom. The van der Waals surface area contributed by atoms with Crippen LogP contribution in [0.2, 0.25) is 0 Å². The highest BCUT2D eigenvalue weighted by Gasteiger charge is 2.53. The lowest BCUT2D eigenvalue weighted by molar-refractivity contribution is -0.376. The summed E-state index contributed by atoms with van der Waals surface area (Å²) in [7, 11) is 1.26. The van der Waals surface area contributed by atoms with Crippen molar-refractivity contribution >= 4 is 0 Å². The fraction of sp³-hybridized carbons (Fsp3) is 1.00. The molecular formula is C22H40O15. The summed E-state index contributed by atoms with van der Waals surface area (Å²) >= 11 is 0. The quantitative estimate of drug-likeness (QED) is 0.126. The van der Waals surface area contributed by atoms with Crippen LogP contribution in [0.5, 0.6) is 0 Å². The zero-order valence-electron chi connectivity index (χ0n) is 20.7. The summed E-state index contributed by atoms with van der Waals surface area (Å²) in [5, 5.41) is 92.1. The van der Waals surface area contributed by atoms with Gasteiger partial charge in [-0.1, -0.05) is 6.92 Å². The Balaban J connectivity index is 1.76. The van der Waals surface area contributed by atoms with Crippen LogP contribution in [0.3, 0.4) is 0 Å². The third kappa shape index (κ3) is 6.59. The molecule has 3 saturated heterocycles. The summed E-state index contributed by atoms with van der Waals surface area (Å²) in [6.07, 6.45) is -21.0. The van der Waals surface area contributed by atoms with E-state index in [-0.39, 0.29) is 25.9 Å². The van der Waals surface area contributed by atoms with Gasteiger partial charge in [-0.25, -0.2) is 0 Å². The highest BCUT2D eigenvalue weighted by Crippen LogP contribution is 2.34. The van der Waals surface area contributed by atoms with E-state index in [0.29, 0.717) is 0 Å². The maximum Gasteiger partial charge on any atom is 0.187 e. The Morgan fingerprint density at radius 1 is 0.541 bits per heavy atom. The number of aliphatic hydroxyl groups is 9. The molecule has 218 valence electrons. The van der Waals surface area contributed by atoms with Crippen LogP contribution in [0, 0.1) is 0 Å². The minimum atomic E-state index is -1.78. The number of aliphatic hydroxyl groups excluding tert-OH is 9. The molecule has 15 nitrogen and oxygen atoms in total. The normalized spacial score (nSPS) is 49.2. The maximum absolute atomic E-state index is 10.9. The van der Waals surface area contributed by atoms with E-state index in [1.165, 1.54) is 7.11 Å². The van der Waals surface area contributed by atoms with Gasteiger partial charge in [-0.2, -0.15) is 0 Å². The van der Waals surface area contributed by atoms with Crippen LogP contribution in [-0.2, 0) is 28.4 Å². The van der Waals surface area contributed by atoms with Gasteiger partial charge in [0.05, 0.1) is 18.3 Å². The molecule has 0 bridgehead atoms. The second-order valence-electron chi connectivity index (χ2n) is 9.43. The van der Waals surface area contributed by atoms with Gasteiger partial charge in [0.2, 0.25) is 0 Å². The molecule has 0 aromatic rings. The lowest BCUT2D eigenvalue weighted by Gasteiger charge is -2.48. The van der Waals surface area contributed by atoms with Gasteiger partial charge >= 0.3 is 0 Å². The predicted octanol–water partition coefficient (Wildman–Crippen LogP) is -4.72. The van der Waals surface area contributed by atoms with Gasteiger partial charge in [0.15, 0.2) is 18.9 Å². The molecule has 3 rings (SSSR count). The molecule has 0 amide bonds. The molecule has 3 fully saturated rings. The monoisotopic (exact) mass is 544 g/mol. The Bertz CT molecular complexity index is 684. The molecule has 0 aromatic heterocycles. The van der Waals surface area contributed by atoms with Gasteiger partial charge in [-0.05, 0) is 19.3 Å². The number of methoxy groups -OCH3 is 1. The van der Waals surface area contributed by atoms with E-state index in [0.717, 1.165) is 0 Å². The first-order valence-corrected chi connectivity index (χ1v) is 12.4. The van der Waals surface area contributed by atoms with Crippen molar-refractivity contribution in [3.8, 4) is 0 Å². The lowest BCUT2D eigenvalue weighted by atomic mass is 9.94. The molecule has 0 radical (unpaired) electrons. The molecule has 0 saturated carbocycles. The summed E-state index contributed by atoms with van der Waals surface area (Å²) in [6.45, 7) is 0.906. The maximum atomic E-state index is 10.9. The van der Waals surface area contributed by atoms with Gasteiger partial charge in [-0.3, -0.25) is 0 Å². The molecule has 0 spiro atoms. The van der Waals surface area contributed by atoms with E-state index in [1.54, 1.807) is 6.92 Å². The van der Waals surface area contributed by atoms with Gasteiger partial charge in [0, 0.05) is 20.3 Å². The summed E-state index contributed by atoms with van der Waals surface area (Å²) in [6, 6.07) is 0. The van der Waals surface area contributed by atoms with E-state index >= 15 is 0 Å². The van der Waals surface area contributed by atoms with Crippen molar-refractivity contribution in [2.24, 2.45) is 0 Å². The lowest BCUT2D eigenvalue weighted by Crippen LogP contribution is -2.65. The number of hydrogen-bond acceptors (Lipinski definition) is 15. The molecule has 0 aliphatic carbocycles. The van der Waals surface area contributed by atoms with Crippen LogP contribution < -0.4 is 0 Å². The van der Waals surface area contributed by atoms with E-state index in [2.05, 4.69) is 0 Å². The molecule has 3 aliphatic rings. The van der Waals surface area contributed by atoms with Crippen LogP contribution in [0.1, 0.15) is 26.2 Å². The molecular weight excluding hydrogens is 504 g/mol. The van der Waals surface area contributed by atoms with E-state index < -0.39 is 98.7 Å². The van der Waals surface area contributed by atoms with Crippen LogP contribution in [0.25, 0.3) is 0 Å². The highest BCUT2D eigenvalue weighted by atomic mass is 16.8. The molecule has 15 heteroatoms. The molecule has 3 aliphatic heterocycles. The summed E-state index contributed by atoms with van der Waals surface area (Å²) < 4.78 is 33.3. The number of rotatable bonds is 10. The van der Waals surface area contributed by atoms with Crippen molar-refractivity contribution in [1.82, 2.24) is 0 Å². The van der Waals surface area contributed by atoms with E-state index in [1.807, 2.05) is 0 Å². The van der Waals surface area contributed by atoms with Crippen molar-refractivity contribution in [2.75, 3.05) is 20.3 Å². The summed E-state index contributed by atoms with van der Waals surface area (Å²) in [4.78, 5) is 0. The number of ether oxygens (including phenoxy) is 6. The van der Waals surface area contributed by atoms with Gasteiger partial charge in [0.25, 0.3) is 0 Å². The fourth-order valence-corrected chi connectivity index (χ4v) is 4.85. The van der Waals surface area contributed by atoms with Crippen molar-refractivity contribution in [3.63, 3.8) is 0 Å². The van der Waals surface area contributed by atoms with Crippen molar-refractivity contribution in [3.05, 3.63) is 0 Å². The Labute approximate surface area is 213 Å². The predicted molar refractivity (Wildman–Crippen MR) is 118 cm³/mol. The van der Waals surface area contributed by atoms with E-state index in [4.69, 9.17) is 28.4 Å². The molecule has 37 heavy (non-hydrogen) atoms. The topological polar surface area (TPSA) is 237 Å². The van der Waals surface area contributed by atoms with Gasteiger partial charge in [-0.15, -0.1) is 0 Å². The second kappa shape index (κ2) is 13.6. The SMILES string of the molecule is CCC1O[C@H](O[C@@H]2C(CCO)O[C@H](O[C@@H]3C(CCO)O[C@H](OC)C(O)[C@@H]3O)C(O)[C@@H]2O)C(O)[C@H](O)[C@@H]1O. The summed E-state index contributed by atoms with van der Waals surface area (Å²) in [5.74, 6) is 0. The molecule has 9 N–H and O–H groups in total.